The summed E-state index contributed by atoms with van der Waals surface area (Å²) in [7, 11) is -3.01. The van der Waals surface area contributed by atoms with Crippen LogP contribution in [0.5, 0.6) is 0 Å². The third-order valence-electron chi connectivity index (χ3n) is 1.88. The van der Waals surface area contributed by atoms with Crippen LogP contribution in [-0.2, 0) is 15.6 Å². The quantitative estimate of drug-likeness (QED) is 0.634. The topological polar surface area (TPSA) is 34.1 Å². The van der Waals surface area contributed by atoms with E-state index in [1.54, 1.807) is 6.07 Å². The van der Waals surface area contributed by atoms with E-state index in [0.717, 1.165) is 22.9 Å². The van der Waals surface area contributed by atoms with Crippen molar-refractivity contribution in [3.63, 3.8) is 0 Å². The molecule has 0 aromatic heterocycles. The zero-order valence-corrected chi connectivity index (χ0v) is 11.4. The van der Waals surface area contributed by atoms with Crippen LogP contribution in [0.2, 0.25) is 0 Å². The van der Waals surface area contributed by atoms with E-state index in [2.05, 4.69) is 27.8 Å². The van der Waals surface area contributed by atoms with Crippen molar-refractivity contribution in [1.29, 1.82) is 0 Å². The molecule has 0 aliphatic rings. The van der Waals surface area contributed by atoms with Crippen LogP contribution in [-0.4, -0.2) is 20.0 Å². The molecule has 1 rings (SSSR count). The van der Waals surface area contributed by atoms with Crippen molar-refractivity contribution in [2.45, 2.75) is 12.2 Å². The first-order valence-corrected chi connectivity index (χ1v) is 8.01. The Balaban J connectivity index is 2.98. The molecule has 4 heteroatoms. The number of sulfone groups is 1. The van der Waals surface area contributed by atoms with E-state index < -0.39 is 9.84 Å². The summed E-state index contributed by atoms with van der Waals surface area (Å²) in [4.78, 5) is 0. The third-order valence-corrected chi connectivity index (χ3v) is 3.11. The van der Waals surface area contributed by atoms with Gasteiger partial charge in [0.25, 0.3) is 0 Å². The lowest BCUT2D eigenvalue weighted by Crippen LogP contribution is -2.02. The Labute approximate surface area is 105 Å². The molecular weight excluding hydrogens is 288 g/mol. The van der Waals surface area contributed by atoms with Crippen molar-refractivity contribution in [2.75, 3.05) is 11.6 Å². The molecule has 16 heavy (non-hydrogen) atoms. The molecule has 0 atom stereocenters. The van der Waals surface area contributed by atoms with Crippen molar-refractivity contribution in [2.24, 2.45) is 0 Å². The van der Waals surface area contributed by atoms with Crippen molar-refractivity contribution in [3.8, 4) is 11.8 Å². The average Bonchev–Trinajstić information content (AvgIpc) is 2.19. The van der Waals surface area contributed by atoms with Gasteiger partial charge in [-0.1, -0.05) is 46.0 Å². The van der Waals surface area contributed by atoms with Gasteiger partial charge in [-0.2, -0.15) is 0 Å². The molecule has 0 spiro atoms. The van der Waals surface area contributed by atoms with Gasteiger partial charge in [-0.3, -0.25) is 0 Å². The molecule has 1 aromatic carbocycles. The molecule has 0 aliphatic carbocycles. The summed E-state index contributed by atoms with van der Waals surface area (Å²) >= 11 is 3.29. The van der Waals surface area contributed by atoms with Crippen molar-refractivity contribution in [3.05, 3.63) is 35.4 Å². The molecule has 0 fully saturated rings. The van der Waals surface area contributed by atoms with E-state index in [0.29, 0.717) is 0 Å². The normalized spacial score (nSPS) is 10.6. The standard InChI is InChI=1S/C12H13BrO2S/c1-16(14,15)10-12-8-3-2-6-11(12)7-4-5-9-13/h2-3,6,8H,5,9-10H2,1H3. The Morgan fingerprint density at radius 1 is 1.31 bits per heavy atom. The summed E-state index contributed by atoms with van der Waals surface area (Å²) in [5.41, 5.74) is 1.57. The predicted molar refractivity (Wildman–Crippen MR) is 70.3 cm³/mol. The van der Waals surface area contributed by atoms with E-state index in [1.165, 1.54) is 6.26 Å². The highest BCUT2D eigenvalue weighted by Crippen LogP contribution is 2.10. The Kier molecular flexibility index (Phi) is 5.04. The number of halogens is 1. The second-order valence-electron chi connectivity index (χ2n) is 3.47. The minimum Gasteiger partial charge on any atom is -0.229 e. The maximum absolute atomic E-state index is 11.2. The molecule has 86 valence electrons. The maximum atomic E-state index is 11.2. The summed E-state index contributed by atoms with van der Waals surface area (Å²) in [6.07, 6.45) is 1.99. The first kappa shape index (κ1) is 13.3. The van der Waals surface area contributed by atoms with Crippen molar-refractivity contribution in [1.82, 2.24) is 0 Å². The largest absolute Gasteiger partial charge is 0.229 e. The molecule has 0 saturated heterocycles. The SMILES string of the molecule is CS(=O)(=O)Cc1ccccc1C#CCCBr. The molecule has 0 radical (unpaired) electrons. The van der Waals surface area contributed by atoms with E-state index in [4.69, 9.17) is 0 Å². The van der Waals surface area contributed by atoms with Crippen LogP contribution >= 0.6 is 15.9 Å². The van der Waals surface area contributed by atoms with Crippen LogP contribution in [0, 0.1) is 11.8 Å². The Morgan fingerprint density at radius 2 is 2.00 bits per heavy atom. The summed E-state index contributed by atoms with van der Waals surface area (Å²) < 4.78 is 22.5. The Bertz CT molecular complexity index is 509. The van der Waals surface area contributed by atoms with E-state index >= 15 is 0 Å². The van der Waals surface area contributed by atoms with Gasteiger partial charge in [0.2, 0.25) is 0 Å². The van der Waals surface area contributed by atoms with Gasteiger partial charge in [-0.25, -0.2) is 8.42 Å². The number of hydrogen-bond acceptors (Lipinski definition) is 2. The van der Waals surface area contributed by atoms with Gasteiger partial charge in [0.15, 0.2) is 9.84 Å². The fourth-order valence-corrected chi connectivity index (χ4v) is 2.27. The van der Waals surface area contributed by atoms with Crippen molar-refractivity contribution < 1.29 is 8.42 Å². The molecule has 0 N–H and O–H groups in total. The van der Waals surface area contributed by atoms with Crippen molar-refractivity contribution >= 4 is 25.8 Å². The number of alkyl halides is 1. The molecule has 2 nitrogen and oxygen atoms in total. The lowest BCUT2D eigenvalue weighted by Gasteiger charge is -2.02. The average molecular weight is 301 g/mol. The first-order chi connectivity index (χ1) is 7.53. The van der Waals surface area contributed by atoms with Gasteiger partial charge in [-0.15, -0.1) is 0 Å². The highest BCUT2D eigenvalue weighted by molar-refractivity contribution is 9.09. The monoisotopic (exact) mass is 300 g/mol. The second kappa shape index (κ2) is 6.07. The number of benzene rings is 1. The van der Waals surface area contributed by atoms with E-state index in [-0.39, 0.29) is 5.75 Å². The number of hydrogen-bond donors (Lipinski definition) is 0. The summed E-state index contributed by atoms with van der Waals surface area (Å²) in [5.74, 6) is 6.03. The first-order valence-electron chi connectivity index (χ1n) is 4.83. The van der Waals surface area contributed by atoms with Gasteiger partial charge < -0.3 is 0 Å². The lowest BCUT2D eigenvalue weighted by atomic mass is 10.1. The number of rotatable bonds is 3. The van der Waals surface area contributed by atoms with Gasteiger partial charge in [0.1, 0.15) is 0 Å². The Morgan fingerprint density at radius 3 is 2.62 bits per heavy atom. The summed E-state index contributed by atoms with van der Waals surface area (Å²) in [6, 6.07) is 7.35. The fraction of sp³-hybridized carbons (Fsp3) is 0.333. The van der Waals surface area contributed by atoms with Crippen LogP contribution in [0.1, 0.15) is 17.5 Å². The molecular formula is C12H13BrO2S. The summed E-state index contributed by atoms with van der Waals surface area (Å²) in [5, 5.41) is 0.828. The molecule has 0 heterocycles. The Hall–Kier alpha value is -0.790. The predicted octanol–water partition coefficient (Wildman–Crippen LogP) is 2.37. The highest BCUT2D eigenvalue weighted by atomic mass is 79.9. The fourth-order valence-electron chi connectivity index (χ4n) is 1.26. The van der Waals surface area contributed by atoms with Crippen LogP contribution in [0.4, 0.5) is 0 Å². The second-order valence-corrected chi connectivity index (χ2v) is 6.40. The van der Waals surface area contributed by atoms with Crippen LogP contribution in [0.3, 0.4) is 0 Å². The zero-order valence-electron chi connectivity index (χ0n) is 9.03. The zero-order chi connectivity index (χ0) is 12.0. The van der Waals surface area contributed by atoms with E-state index in [9.17, 15) is 8.42 Å². The molecule has 0 aliphatic heterocycles. The minimum atomic E-state index is -3.01. The van der Waals surface area contributed by atoms with Gasteiger partial charge in [0.05, 0.1) is 5.75 Å². The highest BCUT2D eigenvalue weighted by Gasteiger charge is 2.07. The minimum absolute atomic E-state index is 0.0478. The van der Waals surface area contributed by atoms with Gasteiger partial charge in [-0.05, 0) is 11.6 Å². The third kappa shape index (κ3) is 4.82. The van der Waals surface area contributed by atoms with Crippen LogP contribution < -0.4 is 0 Å². The lowest BCUT2D eigenvalue weighted by molar-refractivity contribution is 0.601. The smallest absolute Gasteiger partial charge is 0.151 e. The molecule has 0 bridgehead atoms. The van der Waals surface area contributed by atoms with E-state index in [1.807, 2.05) is 18.2 Å². The summed E-state index contributed by atoms with van der Waals surface area (Å²) in [6.45, 7) is 0. The van der Waals surface area contributed by atoms with Crippen LogP contribution in [0.25, 0.3) is 0 Å². The molecule has 0 saturated carbocycles. The van der Waals surface area contributed by atoms with Gasteiger partial charge in [0, 0.05) is 23.6 Å². The van der Waals surface area contributed by atoms with Crippen LogP contribution in [0.15, 0.2) is 24.3 Å². The molecule has 1 aromatic rings. The van der Waals surface area contributed by atoms with Gasteiger partial charge >= 0.3 is 0 Å². The maximum Gasteiger partial charge on any atom is 0.151 e. The molecule has 0 unspecified atom stereocenters. The molecule has 0 amide bonds.